The molecule has 5 rings (SSSR count). The van der Waals surface area contributed by atoms with Crippen LogP contribution in [0.4, 0.5) is 11.4 Å². The summed E-state index contributed by atoms with van der Waals surface area (Å²) in [5.74, 6) is 0.852. The van der Waals surface area contributed by atoms with Crippen LogP contribution in [0.15, 0.2) is 42.6 Å². The number of amides is 1. The first kappa shape index (κ1) is 23.9. The standard InChI is InChI=1S/C26H27ClN6O3/c1-33(2)13-14-36-20-8-7-18-22(32-20)15(9-11-28-18)23-24(21-17(30-23)10-12-29-26(21)34)31-19-6-4-5-16(27)25(19)35-3/h4-9,11,30-31H,10,12-14H2,1-3H3,(H,29,34). The van der Waals surface area contributed by atoms with Crippen molar-refractivity contribution in [3.63, 3.8) is 0 Å². The summed E-state index contributed by atoms with van der Waals surface area (Å²) in [6.45, 7) is 1.85. The maximum atomic E-state index is 13.0. The minimum atomic E-state index is -0.152. The largest absolute Gasteiger partial charge is 0.493 e. The smallest absolute Gasteiger partial charge is 0.255 e. The predicted octanol–water partition coefficient (Wildman–Crippen LogP) is 4.26. The first-order chi connectivity index (χ1) is 17.5. The molecule has 186 valence electrons. The van der Waals surface area contributed by atoms with Gasteiger partial charge in [-0.05, 0) is 38.4 Å². The molecule has 1 aliphatic rings. The van der Waals surface area contributed by atoms with Crippen LogP contribution in [0.2, 0.25) is 5.02 Å². The number of nitrogens with zero attached hydrogens (tertiary/aromatic N) is 3. The Morgan fingerprint density at radius 1 is 1.19 bits per heavy atom. The Hall–Kier alpha value is -3.82. The van der Waals surface area contributed by atoms with Gasteiger partial charge in [-0.2, -0.15) is 0 Å². The van der Waals surface area contributed by atoms with Gasteiger partial charge in [0.2, 0.25) is 5.88 Å². The molecule has 0 saturated carbocycles. The topological polar surface area (TPSA) is 104 Å². The minimum Gasteiger partial charge on any atom is -0.493 e. The van der Waals surface area contributed by atoms with Crippen molar-refractivity contribution in [3.8, 4) is 22.9 Å². The predicted molar refractivity (Wildman–Crippen MR) is 141 cm³/mol. The lowest BCUT2D eigenvalue weighted by Crippen LogP contribution is -2.31. The Morgan fingerprint density at radius 3 is 2.86 bits per heavy atom. The van der Waals surface area contributed by atoms with Gasteiger partial charge in [0.05, 0.1) is 40.3 Å². The molecule has 1 aliphatic heterocycles. The first-order valence-electron chi connectivity index (χ1n) is 11.6. The van der Waals surface area contributed by atoms with Crippen molar-refractivity contribution < 1.29 is 14.3 Å². The van der Waals surface area contributed by atoms with E-state index in [9.17, 15) is 4.79 Å². The molecule has 0 unspecified atom stereocenters. The number of rotatable bonds is 8. The number of benzene rings is 1. The summed E-state index contributed by atoms with van der Waals surface area (Å²) in [6, 6.07) is 11.0. The van der Waals surface area contributed by atoms with Crippen molar-refractivity contribution >= 4 is 39.9 Å². The molecule has 0 aliphatic carbocycles. The van der Waals surface area contributed by atoms with Gasteiger partial charge in [0.1, 0.15) is 12.1 Å². The van der Waals surface area contributed by atoms with Crippen molar-refractivity contribution in [1.82, 2.24) is 25.2 Å². The number of likely N-dealkylation sites (N-methyl/N-ethyl adjacent to an activating group) is 1. The molecular weight excluding hydrogens is 480 g/mol. The molecule has 1 amide bonds. The lowest BCUT2D eigenvalue weighted by molar-refractivity contribution is 0.0947. The van der Waals surface area contributed by atoms with Crippen LogP contribution in [0, 0.1) is 0 Å². The maximum absolute atomic E-state index is 13.0. The highest BCUT2D eigenvalue weighted by Crippen LogP contribution is 2.42. The lowest BCUT2D eigenvalue weighted by Gasteiger charge is -2.17. The Bertz CT molecular complexity index is 1430. The van der Waals surface area contributed by atoms with Gasteiger partial charge in [-0.25, -0.2) is 4.98 Å². The number of carbonyl (C=O) groups excluding carboxylic acids is 1. The zero-order valence-corrected chi connectivity index (χ0v) is 21.1. The van der Waals surface area contributed by atoms with Crippen LogP contribution in [0.1, 0.15) is 16.1 Å². The van der Waals surface area contributed by atoms with E-state index in [0.29, 0.717) is 58.7 Å². The van der Waals surface area contributed by atoms with Crippen LogP contribution < -0.4 is 20.1 Å². The first-order valence-corrected chi connectivity index (χ1v) is 12.0. The number of H-pyrrole nitrogens is 1. The average Bonchev–Trinajstić information content (AvgIpc) is 3.23. The molecule has 0 bridgehead atoms. The van der Waals surface area contributed by atoms with Gasteiger partial charge in [-0.15, -0.1) is 0 Å². The van der Waals surface area contributed by atoms with Crippen LogP contribution in [0.5, 0.6) is 11.6 Å². The van der Waals surface area contributed by atoms with Gasteiger partial charge in [0, 0.05) is 43.0 Å². The molecule has 4 aromatic rings. The number of carbonyl (C=O) groups is 1. The number of anilines is 2. The second kappa shape index (κ2) is 10.0. The quantitative estimate of drug-likeness (QED) is 0.328. The third-order valence-electron chi connectivity index (χ3n) is 6.01. The Kier molecular flexibility index (Phi) is 6.67. The SMILES string of the molecule is COc1c(Cl)cccc1Nc1c(-c2ccnc3ccc(OCCN(C)C)nc23)[nH]c2c1C(=O)NCC2. The molecule has 3 N–H and O–H groups in total. The van der Waals surface area contributed by atoms with E-state index in [2.05, 4.69) is 20.6 Å². The number of halogens is 1. The van der Waals surface area contributed by atoms with Crippen molar-refractivity contribution in [3.05, 3.63) is 58.9 Å². The highest BCUT2D eigenvalue weighted by Gasteiger charge is 2.28. The Labute approximate surface area is 213 Å². The second-order valence-corrected chi connectivity index (χ2v) is 9.11. The Morgan fingerprint density at radius 2 is 2.06 bits per heavy atom. The van der Waals surface area contributed by atoms with Gasteiger partial charge in [0.15, 0.2) is 5.75 Å². The monoisotopic (exact) mass is 506 g/mol. The number of para-hydroxylation sites is 1. The van der Waals surface area contributed by atoms with Crippen molar-refractivity contribution in [2.75, 3.05) is 46.2 Å². The summed E-state index contributed by atoms with van der Waals surface area (Å²) in [5.41, 5.74) is 5.58. The fraction of sp³-hybridized carbons (Fsp3) is 0.269. The van der Waals surface area contributed by atoms with E-state index in [4.69, 9.17) is 26.1 Å². The van der Waals surface area contributed by atoms with E-state index in [1.54, 1.807) is 19.4 Å². The summed E-state index contributed by atoms with van der Waals surface area (Å²) in [6.07, 6.45) is 2.41. The van der Waals surface area contributed by atoms with Crippen molar-refractivity contribution in [2.45, 2.75) is 6.42 Å². The van der Waals surface area contributed by atoms with E-state index in [-0.39, 0.29) is 5.91 Å². The summed E-state index contributed by atoms with van der Waals surface area (Å²) >= 11 is 6.37. The molecule has 0 fully saturated rings. The summed E-state index contributed by atoms with van der Waals surface area (Å²) in [5, 5.41) is 6.82. The van der Waals surface area contributed by atoms with Gasteiger partial charge < -0.3 is 30.0 Å². The minimum absolute atomic E-state index is 0.152. The number of hydrogen-bond donors (Lipinski definition) is 3. The molecular formula is C26H27ClN6O3. The zero-order chi connectivity index (χ0) is 25.2. The zero-order valence-electron chi connectivity index (χ0n) is 20.3. The number of hydrogen-bond acceptors (Lipinski definition) is 7. The van der Waals surface area contributed by atoms with E-state index in [0.717, 1.165) is 29.0 Å². The average molecular weight is 507 g/mol. The summed E-state index contributed by atoms with van der Waals surface area (Å²) in [7, 11) is 5.54. The summed E-state index contributed by atoms with van der Waals surface area (Å²) < 4.78 is 11.4. The van der Waals surface area contributed by atoms with Gasteiger partial charge in [0.25, 0.3) is 5.91 Å². The third-order valence-corrected chi connectivity index (χ3v) is 6.31. The number of ether oxygens (including phenoxy) is 2. The van der Waals surface area contributed by atoms with Gasteiger partial charge >= 0.3 is 0 Å². The lowest BCUT2D eigenvalue weighted by atomic mass is 10.0. The second-order valence-electron chi connectivity index (χ2n) is 8.71. The molecule has 36 heavy (non-hydrogen) atoms. The van der Waals surface area contributed by atoms with Crippen LogP contribution in [-0.2, 0) is 6.42 Å². The highest BCUT2D eigenvalue weighted by atomic mass is 35.5. The fourth-order valence-corrected chi connectivity index (χ4v) is 4.53. The molecule has 4 heterocycles. The third kappa shape index (κ3) is 4.55. The van der Waals surface area contributed by atoms with Crippen molar-refractivity contribution in [1.29, 1.82) is 0 Å². The van der Waals surface area contributed by atoms with Crippen LogP contribution in [0.3, 0.4) is 0 Å². The van der Waals surface area contributed by atoms with E-state index >= 15 is 0 Å². The van der Waals surface area contributed by atoms with Crippen LogP contribution >= 0.6 is 11.6 Å². The fourth-order valence-electron chi connectivity index (χ4n) is 4.28. The molecule has 1 aromatic carbocycles. The highest BCUT2D eigenvalue weighted by molar-refractivity contribution is 6.32. The normalized spacial score (nSPS) is 13.0. The Balaban J connectivity index is 1.65. The number of methoxy groups -OCH3 is 1. The number of aromatic nitrogens is 3. The molecule has 0 spiro atoms. The number of fused-ring (bicyclic) bond motifs is 2. The molecule has 0 radical (unpaired) electrons. The van der Waals surface area contributed by atoms with E-state index in [1.165, 1.54) is 0 Å². The molecule has 9 nitrogen and oxygen atoms in total. The van der Waals surface area contributed by atoms with E-state index in [1.807, 2.05) is 49.3 Å². The van der Waals surface area contributed by atoms with Crippen LogP contribution in [0.25, 0.3) is 22.3 Å². The molecule has 3 aromatic heterocycles. The molecule has 0 saturated heterocycles. The van der Waals surface area contributed by atoms with Crippen molar-refractivity contribution in [2.24, 2.45) is 0 Å². The molecule has 10 heteroatoms. The number of nitrogens with one attached hydrogen (secondary N) is 3. The van der Waals surface area contributed by atoms with Gasteiger partial charge in [-0.3, -0.25) is 9.78 Å². The molecule has 0 atom stereocenters. The van der Waals surface area contributed by atoms with Crippen LogP contribution in [-0.4, -0.2) is 66.7 Å². The van der Waals surface area contributed by atoms with E-state index < -0.39 is 0 Å². The maximum Gasteiger partial charge on any atom is 0.255 e. The number of pyridine rings is 2. The van der Waals surface area contributed by atoms with Gasteiger partial charge in [-0.1, -0.05) is 17.7 Å². The summed E-state index contributed by atoms with van der Waals surface area (Å²) in [4.78, 5) is 27.8. The number of aromatic amines is 1.